The summed E-state index contributed by atoms with van der Waals surface area (Å²) in [4.78, 5) is 11.3. The molecular weight excluding hydrogens is 204 g/mol. The number of carbonyl (C=O) groups is 1. The first-order valence-corrected chi connectivity index (χ1v) is 6.40. The normalized spacial score (nSPS) is 21.6. The van der Waals surface area contributed by atoms with Crippen LogP contribution in [0.4, 0.5) is 0 Å². The van der Waals surface area contributed by atoms with E-state index < -0.39 is 0 Å². The SMILES string of the molecule is CCCCOCCNC1CCCNC(=O)C1. The molecule has 1 aliphatic rings. The Bertz CT molecular complexity index is 197. The molecule has 0 aliphatic carbocycles. The lowest BCUT2D eigenvalue weighted by atomic mass is 10.1. The predicted octanol–water partition coefficient (Wildman–Crippen LogP) is 1.06. The van der Waals surface area contributed by atoms with Crippen molar-refractivity contribution in [3.05, 3.63) is 0 Å². The third kappa shape index (κ3) is 6.08. The highest BCUT2D eigenvalue weighted by atomic mass is 16.5. The van der Waals surface area contributed by atoms with E-state index >= 15 is 0 Å². The van der Waals surface area contributed by atoms with E-state index in [0.29, 0.717) is 12.5 Å². The molecule has 1 heterocycles. The van der Waals surface area contributed by atoms with Crippen LogP contribution >= 0.6 is 0 Å². The fourth-order valence-corrected chi connectivity index (χ4v) is 1.83. The molecular formula is C12H24N2O2. The monoisotopic (exact) mass is 228 g/mol. The maximum atomic E-state index is 11.3. The van der Waals surface area contributed by atoms with E-state index in [-0.39, 0.29) is 5.91 Å². The third-order valence-corrected chi connectivity index (χ3v) is 2.80. The lowest BCUT2D eigenvalue weighted by molar-refractivity contribution is -0.121. The molecule has 1 aliphatic heterocycles. The average molecular weight is 228 g/mol. The second kappa shape index (κ2) is 8.53. The Balaban J connectivity index is 2.00. The molecule has 0 aromatic carbocycles. The number of carbonyl (C=O) groups excluding carboxylic acids is 1. The van der Waals surface area contributed by atoms with Crippen molar-refractivity contribution in [1.82, 2.24) is 10.6 Å². The minimum atomic E-state index is 0.168. The number of hydrogen-bond acceptors (Lipinski definition) is 3. The fourth-order valence-electron chi connectivity index (χ4n) is 1.83. The van der Waals surface area contributed by atoms with Crippen LogP contribution in [0.2, 0.25) is 0 Å². The molecule has 4 heteroatoms. The van der Waals surface area contributed by atoms with Crippen LogP contribution in [-0.2, 0) is 9.53 Å². The van der Waals surface area contributed by atoms with Gasteiger partial charge in [0.05, 0.1) is 6.61 Å². The average Bonchev–Trinajstić information content (AvgIpc) is 2.48. The van der Waals surface area contributed by atoms with Gasteiger partial charge in [0.25, 0.3) is 0 Å². The maximum Gasteiger partial charge on any atom is 0.221 e. The Morgan fingerprint density at radius 1 is 1.50 bits per heavy atom. The molecule has 1 rings (SSSR count). The second-order valence-electron chi connectivity index (χ2n) is 4.31. The Labute approximate surface area is 98.1 Å². The molecule has 0 aromatic rings. The molecule has 0 bridgehead atoms. The zero-order chi connectivity index (χ0) is 11.6. The molecule has 0 spiro atoms. The lowest BCUT2D eigenvalue weighted by Crippen LogP contribution is -2.34. The van der Waals surface area contributed by atoms with Crippen LogP contribution < -0.4 is 10.6 Å². The van der Waals surface area contributed by atoms with E-state index in [9.17, 15) is 4.79 Å². The summed E-state index contributed by atoms with van der Waals surface area (Å²) >= 11 is 0. The van der Waals surface area contributed by atoms with Gasteiger partial charge in [0.2, 0.25) is 5.91 Å². The minimum absolute atomic E-state index is 0.168. The van der Waals surface area contributed by atoms with Gasteiger partial charge in [-0.05, 0) is 19.3 Å². The van der Waals surface area contributed by atoms with E-state index in [2.05, 4.69) is 17.6 Å². The van der Waals surface area contributed by atoms with Gasteiger partial charge in [0, 0.05) is 32.2 Å². The molecule has 2 N–H and O–H groups in total. The number of rotatable bonds is 7. The molecule has 0 aromatic heterocycles. The van der Waals surface area contributed by atoms with E-state index in [4.69, 9.17) is 4.74 Å². The molecule has 16 heavy (non-hydrogen) atoms. The lowest BCUT2D eigenvalue weighted by Gasteiger charge is -2.14. The summed E-state index contributed by atoms with van der Waals surface area (Å²) in [6.07, 6.45) is 5.06. The number of ether oxygens (including phenoxy) is 1. The van der Waals surface area contributed by atoms with Crippen LogP contribution in [0.25, 0.3) is 0 Å². The second-order valence-corrected chi connectivity index (χ2v) is 4.31. The Morgan fingerprint density at radius 3 is 3.19 bits per heavy atom. The zero-order valence-electron chi connectivity index (χ0n) is 10.3. The van der Waals surface area contributed by atoms with Crippen LogP contribution in [0.15, 0.2) is 0 Å². The van der Waals surface area contributed by atoms with Crippen molar-refractivity contribution in [2.24, 2.45) is 0 Å². The smallest absolute Gasteiger partial charge is 0.221 e. The summed E-state index contributed by atoms with van der Waals surface area (Å²) in [6, 6.07) is 0.331. The topological polar surface area (TPSA) is 50.4 Å². The van der Waals surface area contributed by atoms with Crippen molar-refractivity contribution in [2.45, 2.75) is 45.1 Å². The molecule has 1 saturated heterocycles. The highest BCUT2D eigenvalue weighted by Crippen LogP contribution is 2.05. The first-order valence-electron chi connectivity index (χ1n) is 6.40. The van der Waals surface area contributed by atoms with Crippen LogP contribution in [0.1, 0.15) is 39.0 Å². The quantitative estimate of drug-likeness (QED) is 0.641. The standard InChI is InChI=1S/C12H24N2O2/c1-2-3-8-16-9-7-13-11-5-4-6-14-12(15)10-11/h11,13H,2-10H2,1H3,(H,14,15). The highest BCUT2D eigenvalue weighted by Gasteiger charge is 2.15. The Kier molecular flexibility index (Phi) is 7.17. The molecule has 1 atom stereocenters. The van der Waals surface area contributed by atoms with Crippen molar-refractivity contribution in [3.8, 4) is 0 Å². The van der Waals surface area contributed by atoms with Gasteiger partial charge in [-0.1, -0.05) is 13.3 Å². The molecule has 1 amide bonds. The van der Waals surface area contributed by atoms with Gasteiger partial charge in [-0.15, -0.1) is 0 Å². The highest BCUT2D eigenvalue weighted by molar-refractivity contribution is 5.76. The number of unbranched alkanes of at least 4 members (excludes halogenated alkanes) is 1. The summed E-state index contributed by atoms with van der Waals surface area (Å²) in [5.74, 6) is 0.168. The van der Waals surface area contributed by atoms with Crippen LogP contribution in [-0.4, -0.2) is 38.3 Å². The fraction of sp³-hybridized carbons (Fsp3) is 0.917. The Hall–Kier alpha value is -0.610. The molecule has 1 fully saturated rings. The van der Waals surface area contributed by atoms with Gasteiger partial charge in [-0.25, -0.2) is 0 Å². The number of amides is 1. The summed E-state index contributed by atoms with van der Waals surface area (Å²) in [6.45, 7) is 5.43. The zero-order valence-corrected chi connectivity index (χ0v) is 10.3. The van der Waals surface area contributed by atoms with Crippen molar-refractivity contribution in [3.63, 3.8) is 0 Å². The van der Waals surface area contributed by atoms with Crippen LogP contribution in [0.3, 0.4) is 0 Å². The van der Waals surface area contributed by atoms with Crippen molar-refractivity contribution in [1.29, 1.82) is 0 Å². The largest absolute Gasteiger partial charge is 0.380 e. The van der Waals surface area contributed by atoms with Gasteiger partial charge in [-0.2, -0.15) is 0 Å². The molecule has 0 radical (unpaired) electrons. The number of nitrogens with one attached hydrogen (secondary N) is 2. The van der Waals surface area contributed by atoms with E-state index in [1.165, 1.54) is 6.42 Å². The summed E-state index contributed by atoms with van der Waals surface area (Å²) in [7, 11) is 0. The van der Waals surface area contributed by atoms with Crippen molar-refractivity contribution < 1.29 is 9.53 Å². The summed E-state index contributed by atoms with van der Waals surface area (Å²) in [5, 5.41) is 6.27. The van der Waals surface area contributed by atoms with Gasteiger partial charge >= 0.3 is 0 Å². The van der Waals surface area contributed by atoms with E-state index in [1.807, 2.05) is 0 Å². The van der Waals surface area contributed by atoms with Crippen molar-refractivity contribution >= 4 is 5.91 Å². The molecule has 1 unspecified atom stereocenters. The van der Waals surface area contributed by atoms with E-state index in [1.54, 1.807) is 0 Å². The Morgan fingerprint density at radius 2 is 2.38 bits per heavy atom. The maximum absolute atomic E-state index is 11.3. The first kappa shape index (κ1) is 13.5. The predicted molar refractivity (Wildman–Crippen MR) is 64.4 cm³/mol. The summed E-state index contributed by atoms with van der Waals surface area (Å²) in [5.41, 5.74) is 0. The van der Waals surface area contributed by atoms with Gasteiger partial charge < -0.3 is 15.4 Å². The third-order valence-electron chi connectivity index (χ3n) is 2.80. The van der Waals surface area contributed by atoms with E-state index in [0.717, 1.165) is 45.6 Å². The molecule has 0 saturated carbocycles. The molecule has 94 valence electrons. The number of hydrogen-bond donors (Lipinski definition) is 2. The molecule has 4 nitrogen and oxygen atoms in total. The summed E-state index contributed by atoms with van der Waals surface area (Å²) < 4.78 is 5.46. The van der Waals surface area contributed by atoms with Crippen LogP contribution in [0, 0.1) is 0 Å². The van der Waals surface area contributed by atoms with Crippen LogP contribution in [0.5, 0.6) is 0 Å². The van der Waals surface area contributed by atoms with Gasteiger partial charge in [0.15, 0.2) is 0 Å². The van der Waals surface area contributed by atoms with Gasteiger partial charge in [0.1, 0.15) is 0 Å². The van der Waals surface area contributed by atoms with Crippen molar-refractivity contribution in [2.75, 3.05) is 26.3 Å². The van der Waals surface area contributed by atoms with Gasteiger partial charge in [-0.3, -0.25) is 4.79 Å². The first-order chi connectivity index (χ1) is 7.83. The minimum Gasteiger partial charge on any atom is -0.380 e.